The van der Waals surface area contributed by atoms with Crippen LogP contribution >= 0.6 is 22.7 Å². The fourth-order valence-corrected chi connectivity index (χ4v) is 3.86. The number of hydrogen-bond donors (Lipinski definition) is 2. The van der Waals surface area contributed by atoms with Crippen molar-refractivity contribution in [3.05, 3.63) is 69.0 Å². The molecule has 3 aromatic rings. The minimum atomic E-state index is -0.543. The summed E-state index contributed by atoms with van der Waals surface area (Å²) in [7, 11) is 1.25. The Bertz CT molecular complexity index is 995. The minimum absolute atomic E-state index is 0.258. The highest BCUT2D eigenvalue weighted by molar-refractivity contribution is 7.17. The Morgan fingerprint density at radius 2 is 1.37 bits per heavy atom. The smallest absolute Gasteiger partial charge is 0.348 e. The number of methoxy groups -OCH3 is 1. The van der Waals surface area contributed by atoms with Crippen molar-refractivity contribution in [3.63, 3.8) is 0 Å². The van der Waals surface area contributed by atoms with E-state index in [2.05, 4.69) is 15.6 Å². The van der Waals surface area contributed by atoms with Crippen LogP contribution in [0, 0.1) is 5.82 Å². The maximum absolute atomic E-state index is 13.0. The molecule has 0 aliphatic heterocycles. The number of carbonyl (C=O) groups is 3. The number of rotatable bonds is 4. The quantitative estimate of drug-likeness (QED) is 0.515. The molecule has 0 aliphatic rings. The van der Waals surface area contributed by atoms with Crippen molar-refractivity contribution in [2.45, 2.75) is 0 Å². The second-order valence-corrected chi connectivity index (χ2v) is 7.40. The van der Waals surface area contributed by atoms with E-state index in [0.29, 0.717) is 4.88 Å². The predicted molar refractivity (Wildman–Crippen MR) is 100 cm³/mol. The number of hydrogen-bond acceptors (Lipinski definition) is 6. The zero-order valence-electron chi connectivity index (χ0n) is 13.9. The van der Waals surface area contributed by atoms with Crippen LogP contribution in [-0.4, -0.2) is 24.9 Å². The zero-order valence-corrected chi connectivity index (χ0v) is 15.6. The Kier molecular flexibility index (Phi) is 5.63. The third kappa shape index (κ3) is 4.39. The van der Waals surface area contributed by atoms with Gasteiger partial charge in [0.15, 0.2) is 0 Å². The molecule has 9 heteroatoms. The average Bonchev–Trinajstić information content (AvgIpc) is 3.35. The normalized spacial score (nSPS) is 10.3. The molecular weight excluding hydrogens is 391 g/mol. The molecule has 0 unspecified atom stereocenters. The predicted octanol–water partition coefficient (Wildman–Crippen LogP) is 3.48. The molecule has 0 radical (unpaired) electrons. The van der Waals surface area contributed by atoms with E-state index in [9.17, 15) is 18.8 Å². The summed E-state index contributed by atoms with van der Waals surface area (Å²) in [6.07, 6.45) is 0. The van der Waals surface area contributed by atoms with Crippen molar-refractivity contribution < 1.29 is 23.5 Å². The van der Waals surface area contributed by atoms with Gasteiger partial charge in [0.1, 0.15) is 10.7 Å². The zero-order chi connectivity index (χ0) is 19.4. The molecule has 2 amide bonds. The van der Waals surface area contributed by atoms with Gasteiger partial charge in [-0.3, -0.25) is 20.4 Å². The number of amides is 2. The molecular formula is C18H13FN2O4S2. The van der Waals surface area contributed by atoms with Crippen LogP contribution in [0.15, 0.2) is 48.5 Å². The van der Waals surface area contributed by atoms with Crippen LogP contribution in [0.3, 0.4) is 0 Å². The van der Waals surface area contributed by atoms with Gasteiger partial charge in [0.05, 0.1) is 16.9 Å². The van der Waals surface area contributed by atoms with E-state index in [1.165, 1.54) is 42.7 Å². The number of hydrazine groups is 1. The first-order valence-electron chi connectivity index (χ1n) is 7.62. The number of carbonyl (C=O) groups excluding carboxylic acids is 3. The van der Waals surface area contributed by atoms with Gasteiger partial charge in [0.25, 0.3) is 11.8 Å². The molecule has 0 saturated carbocycles. The highest BCUT2D eigenvalue weighted by atomic mass is 32.1. The Morgan fingerprint density at radius 3 is 2.00 bits per heavy atom. The lowest BCUT2D eigenvalue weighted by Crippen LogP contribution is -2.41. The molecule has 2 N–H and O–H groups in total. The van der Waals surface area contributed by atoms with Crippen molar-refractivity contribution in [1.29, 1.82) is 0 Å². The van der Waals surface area contributed by atoms with E-state index < -0.39 is 17.8 Å². The first kappa shape index (κ1) is 18.7. The fourth-order valence-electron chi connectivity index (χ4n) is 2.14. The van der Waals surface area contributed by atoms with Crippen molar-refractivity contribution in [2.75, 3.05) is 7.11 Å². The molecule has 0 spiro atoms. The van der Waals surface area contributed by atoms with E-state index in [0.717, 1.165) is 21.8 Å². The highest BCUT2D eigenvalue weighted by Crippen LogP contribution is 2.28. The van der Waals surface area contributed by atoms with Crippen LogP contribution in [-0.2, 0) is 4.74 Å². The van der Waals surface area contributed by atoms with Crippen LogP contribution in [0.25, 0.3) is 10.4 Å². The minimum Gasteiger partial charge on any atom is -0.465 e. The summed E-state index contributed by atoms with van der Waals surface area (Å²) in [6.45, 7) is 0. The van der Waals surface area contributed by atoms with Gasteiger partial charge in [0.2, 0.25) is 0 Å². The Morgan fingerprint density at radius 1 is 0.815 bits per heavy atom. The third-order valence-corrected chi connectivity index (χ3v) is 5.66. The van der Waals surface area contributed by atoms with E-state index >= 15 is 0 Å². The monoisotopic (exact) mass is 404 g/mol. The largest absolute Gasteiger partial charge is 0.465 e. The summed E-state index contributed by atoms with van der Waals surface area (Å²) in [4.78, 5) is 37.4. The molecule has 2 heterocycles. The summed E-state index contributed by atoms with van der Waals surface area (Å²) in [5.41, 5.74) is 5.42. The molecule has 27 heavy (non-hydrogen) atoms. The highest BCUT2D eigenvalue weighted by Gasteiger charge is 2.16. The molecule has 0 atom stereocenters. The topological polar surface area (TPSA) is 84.5 Å². The van der Waals surface area contributed by atoms with Crippen LogP contribution in [0.4, 0.5) is 4.39 Å². The number of thiophene rings is 2. The Balaban J connectivity index is 1.61. The number of ether oxygens (including phenoxy) is 1. The first-order chi connectivity index (χ1) is 13.0. The lowest BCUT2D eigenvalue weighted by atomic mass is 10.2. The standard InChI is InChI=1S/C18H13FN2O4S2/c1-25-18(24)15-9-8-14(27-15)17(23)21-20-16(22)13-7-6-12(26-13)10-2-4-11(19)5-3-10/h2-9H,1H3,(H,20,22)(H,21,23). The van der Waals surface area contributed by atoms with Crippen molar-refractivity contribution in [2.24, 2.45) is 0 Å². The molecule has 0 fully saturated rings. The molecule has 1 aromatic carbocycles. The Labute approximate surface area is 161 Å². The summed E-state index contributed by atoms with van der Waals surface area (Å²) < 4.78 is 17.6. The van der Waals surface area contributed by atoms with E-state index in [1.54, 1.807) is 24.3 Å². The van der Waals surface area contributed by atoms with Gasteiger partial charge < -0.3 is 4.74 Å². The second-order valence-electron chi connectivity index (χ2n) is 5.23. The van der Waals surface area contributed by atoms with Crippen LogP contribution < -0.4 is 10.9 Å². The van der Waals surface area contributed by atoms with Gasteiger partial charge in [0, 0.05) is 4.88 Å². The van der Waals surface area contributed by atoms with Crippen molar-refractivity contribution in [1.82, 2.24) is 10.9 Å². The fraction of sp³-hybridized carbons (Fsp3) is 0.0556. The van der Waals surface area contributed by atoms with Crippen LogP contribution in [0.2, 0.25) is 0 Å². The van der Waals surface area contributed by atoms with E-state index in [4.69, 9.17) is 0 Å². The van der Waals surface area contributed by atoms with E-state index in [1.807, 2.05) is 0 Å². The van der Waals surface area contributed by atoms with Gasteiger partial charge in [-0.1, -0.05) is 12.1 Å². The Hall–Kier alpha value is -3.04. The van der Waals surface area contributed by atoms with Gasteiger partial charge in [-0.25, -0.2) is 9.18 Å². The molecule has 138 valence electrons. The SMILES string of the molecule is COC(=O)c1ccc(C(=O)NNC(=O)c2ccc(-c3ccc(F)cc3)s2)s1. The average molecular weight is 404 g/mol. The van der Waals surface area contributed by atoms with Crippen LogP contribution in [0.1, 0.15) is 29.0 Å². The lowest BCUT2D eigenvalue weighted by Gasteiger charge is -2.04. The third-order valence-electron chi connectivity index (χ3n) is 3.46. The number of esters is 1. The summed E-state index contributed by atoms with van der Waals surface area (Å²) in [5.74, 6) is -1.89. The first-order valence-corrected chi connectivity index (χ1v) is 9.26. The summed E-state index contributed by atoms with van der Waals surface area (Å²) in [6, 6.07) is 12.2. The van der Waals surface area contributed by atoms with Gasteiger partial charge >= 0.3 is 5.97 Å². The maximum Gasteiger partial charge on any atom is 0.348 e. The number of benzene rings is 1. The molecule has 0 bridgehead atoms. The van der Waals surface area contributed by atoms with Crippen molar-refractivity contribution in [3.8, 4) is 10.4 Å². The van der Waals surface area contributed by atoms with Gasteiger partial charge in [-0.15, -0.1) is 22.7 Å². The maximum atomic E-state index is 13.0. The molecule has 3 rings (SSSR count). The molecule has 0 saturated heterocycles. The van der Waals surface area contributed by atoms with Gasteiger partial charge in [-0.2, -0.15) is 0 Å². The van der Waals surface area contributed by atoms with Crippen molar-refractivity contribution >= 4 is 40.5 Å². The number of nitrogens with one attached hydrogen (secondary N) is 2. The lowest BCUT2D eigenvalue weighted by molar-refractivity contribution is 0.0606. The van der Waals surface area contributed by atoms with E-state index in [-0.39, 0.29) is 15.6 Å². The summed E-state index contributed by atoms with van der Waals surface area (Å²) >= 11 is 2.17. The van der Waals surface area contributed by atoms with Gasteiger partial charge in [-0.05, 0) is 42.0 Å². The molecule has 6 nitrogen and oxygen atoms in total. The second kappa shape index (κ2) is 8.11. The molecule has 0 aliphatic carbocycles. The molecule has 2 aromatic heterocycles. The van der Waals surface area contributed by atoms with Crippen LogP contribution in [0.5, 0.6) is 0 Å². The summed E-state index contributed by atoms with van der Waals surface area (Å²) in [5, 5.41) is 0. The number of halogens is 1.